The fourth-order valence-corrected chi connectivity index (χ4v) is 5.01. The van der Waals surface area contributed by atoms with Crippen LogP contribution in [-0.2, 0) is 0 Å². The van der Waals surface area contributed by atoms with E-state index in [0.29, 0.717) is 29.2 Å². The summed E-state index contributed by atoms with van der Waals surface area (Å²) in [6.45, 7) is 3.82. The van der Waals surface area contributed by atoms with Crippen molar-refractivity contribution in [1.82, 2.24) is 20.5 Å². The highest BCUT2D eigenvalue weighted by Gasteiger charge is 2.28. The lowest BCUT2D eigenvalue weighted by molar-refractivity contribution is 0.0918. The van der Waals surface area contributed by atoms with Gasteiger partial charge in [0, 0.05) is 35.7 Å². The molecule has 1 atom stereocenters. The molecule has 0 saturated heterocycles. The number of hydrogen-bond donors (Lipinski definition) is 1. The highest BCUT2D eigenvalue weighted by Crippen LogP contribution is 2.39. The summed E-state index contributed by atoms with van der Waals surface area (Å²) in [7, 11) is 0. The van der Waals surface area contributed by atoms with Crippen LogP contribution in [0.1, 0.15) is 60.3 Å². The number of benzene rings is 2. The number of rotatable bonds is 5. The Morgan fingerprint density at radius 3 is 2.53 bits per heavy atom. The van der Waals surface area contributed by atoms with Crippen molar-refractivity contribution in [2.45, 2.75) is 51.5 Å². The molecular formula is C27H27FN4O2. The molecule has 174 valence electrons. The molecule has 4 aromatic rings. The van der Waals surface area contributed by atoms with E-state index in [-0.39, 0.29) is 17.8 Å². The summed E-state index contributed by atoms with van der Waals surface area (Å²) in [6.07, 6.45) is 5.87. The second kappa shape index (κ2) is 9.33. The van der Waals surface area contributed by atoms with Gasteiger partial charge in [-0.1, -0.05) is 0 Å². The van der Waals surface area contributed by atoms with Gasteiger partial charge in [-0.25, -0.2) is 4.39 Å². The lowest BCUT2D eigenvalue weighted by atomic mass is 9.75. The Bertz CT molecular complexity index is 1310. The van der Waals surface area contributed by atoms with Crippen molar-refractivity contribution in [3.63, 3.8) is 0 Å². The van der Waals surface area contributed by atoms with Crippen molar-refractivity contribution in [3.05, 3.63) is 77.6 Å². The van der Waals surface area contributed by atoms with Crippen LogP contribution in [0, 0.1) is 18.7 Å². The number of fused-ring (bicyclic) bond motifs is 1. The Balaban J connectivity index is 1.20. The number of hydrogen-bond acceptors (Lipinski definition) is 5. The zero-order chi connectivity index (χ0) is 23.7. The van der Waals surface area contributed by atoms with Crippen molar-refractivity contribution in [2.75, 3.05) is 0 Å². The molecule has 34 heavy (non-hydrogen) atoms. The molecule has 1 N–H and O–H groups in total. The molecular weight excluding hydrogens is 431 g/mol. The van der Waals surface area contributed by atoms with E-state index < -0.39 is 0 Å². The molecule has 5 rings (SSSR count). The van der Waals surface area contributed by atoms with Crippen molar-refractivity contribution in [2.24, 2.45) is 5.92 Å². The number of carbonyl (C=O) groups excluding carboxylic acids is 1. The molecule has 0 unspecified atom stereocenters. The van der Waals surface area contributed by atoms with E-state index in [9.17, 15) is 9.18 Å². The monoisotopic (exact) mass is 458 g/mol. The number of aryl methyl sites for hydroxylation is 1. The average molecular weight is 459 g/mol. The number of pyridine rings is 1. The Kier molecular flexibility index (Phi) is 6.09. The van der Waals surface area contributed by atoms with E-state index in [2.05, 4.69) is 27.4 Å². The third kappa shape index (κ3) is 4.55. The average Bonchev–Trinajstić information content (AvgIpc) is 3.30. The highest BCUT2D eigenvalue weighted by molar-refractivity contribution is 5.94. The Morgan fingerprint density at radius 1 is 1.06 bits per heavy atom. The van der Waals surface area contributed by atoms with Crippen molar-refractivity contribution in [3.8, 4) is 11.5 Å². The number of amides is 1. The maximum atomic E-state index is 13.8. The zero-order valence-electron chi connectivity index (χ0n) is 19.3. The second-order valence-electron chi connectivity index (χ2n) is 9.14. The van der Waals surface area contributed by atoms with E-state index in [4.69, 9.17) is 4.42 Å². The molecule has 0 aliphatic heterocycles. The lowest BCUT2D eigenvalue weighted by Gasteiger charge is -2.33. The van der Waals surface area contributed by atoms with Crippen molar-refractivity contribution >= 4 is 16.8 Å². The van der Waals surface area contributed by atoms with Crippen LogP contribution in [0.15, 0.2) is 59.1 Å². The number of aromatic nitrogens is 3. The van der Waals surface area contributed by atoms with Crippen LogP contribution in [0.5, 0.6) is 0 Å². The van der Waals surface area contributed by atoms with E-state index in [1.54, 1.807) is 31.2 Å². The van der Waals surface area contributed by atoms with E-state index in [1.807, 2.05) is 24.4 Å². The molecule has 0 bridgehead atoms. The van der Waals surface area contributed by atoms with Crippen LogP contribution in [0.3, 0.4) is 0 Å². The SMILES string of the molecule is Cc1nnc(-c2ccc(C(=O)N[C@H](C)C3CCC(c4ccnc5ccc(F)cc45)CC3)cc2)o1. The quantitative estimate of drug-likeness (QED) is 0.407. The maximum absolute atomic E-state index is 13.8. The van der Waals surface area contributed by atoms with E-state index >= 15 is 0 Å². The molecule has 1 fully saturated rings. The lowest BCUT2D eigenvalue weighted by Crippen LogP contribution is -2.39. The zero-order valence-corrected chi connectivity index (χ0v) is 19.3. The Hall–Kier alpha value is -3.61. The van der Waals surface area contributed by atoms with Crippen molar-refractivity contribution in [1.29, 1.82) is 0 Å². The van der Waals surface area contributed by atoms with E-state index in [1.165, 1.54) is 11.6 Å². The van der Waals surface area contributed by atoms with Gasteiger partial charge in [0.15, 0.2) is 0 Å². The predicted molar refractivity (Wildman–Crippen MR) is 128 cm³/mol. The molecule has 1 aliphatic rings. The molecule has 7 heteroatoms. The van der Waals surface area contributed by atoms with Crippen LogP contribution in [0.25, 0.3) is 22.4 Å². The van der Waals surface area contributed by atoms with Gasteiger partial charge < -0.3 is 9.73 Å². The first-order valence-corrected chi connectivity index (χ1v) is 11.7. The summed E-state index contributed by atoms with van der Waals surface area (Å²) in [5.74, 6) is 1.42. The molecule has 2 aromatic carbocycles. The first-order valence-electron chi connectivity index (χ1n) is 11.7. The summed E-state index contributed by atoms with van der Waals surface area (Å²) in [5, 5.41) is 11.9. The minimum absolute atomic E-state index is 0.0679. The first-order chi connectivity index (χ1) is 16.5. The molecule has 1 aliphatic carbocycles. The molecule has 2 aromatic heterocycles. The standard InChI is InChI=1S/C27H27FN4O2/c1-16(30-26(33)20-7-9-21(10-8-20)27-32-31-17(2)34-27)18-3-5-19(6-4-18)23-13-14-29-25-12-11-22(28)15-24(23)25/h7-16,18-19H,3-6H2,1-2H3,(H,30,33)/t16-,18?,19?/m1/s1. The van der Waals surface area contributed by atoms with Gasteiger partial charge in [0.25, 0.3) is 5.91 Å². The van der Waals surface area contributed by atoms with Gasteiger partial charge >= 0.3 is 0 Å². The smallest absolute Gasteiger partial charge is 0.251 e. The van der Waals surface area contributed by atoms with Crippen LogP contribution in [0.4, 0.5) is 4.39 Å². The summed E-state index contributed by atoms with van der Waals surface area (Å²) in [4.78, 5) is 17.2. The maximum Gasteiger partial charge on any atom is 0.251 e. The fraction of sp³-hybridized carbons (Fsp3) is 0.333. The summed E-state index contributed by atoms with van der Waals surface area (Å²) in [5.41, 5.74) is 3.40. The van der Waals surface area contributed by atoms with Gasteiger partial charge in [0.2, 0.25) is 11.8 Å². The predicted octanol–water partition coefficient (Wildman–Crippen LogP) is 5.82. The topological polar surface area (TPSA) is 80.9 Å². The molecule has 1 saturated carbocycles. The molecule has 0 spiro atoms. The first kappa shape index (κ1) is 22.2. The van der Waals surface area contributed by atoms with Gasteiger partial charge in [0.05, 0.1) is 5.52 Å². The number of nitrogens with zero attached hydrogens (tertiary/aromatic N) is 3. The molecule has 6 nitrogen and oxygen atoms in total. The van der Waals surface area contributed by atoms with Crippen LogP contribution < -0.4 is 5.32 Å². The third-order valence-electron chi connectivity index (χ3n) is 6.93. The molecule has 0 radical (unpaired) electrons. The molecule has 1 amide bonds. The fourth-order valence-electron chi connectivity index (χ4n) is 5.01. The molecule has 2 heterocycles. The highest BCUT2D eigenvalue weighted by atomic mass is 19.1. The largest absolute Gasteiger partial charge is 0.421 e. The van der Waals surface area contributed by atoms with Gasteiger partial charge in [-0.15, -0.1) is 10.2 Å². The Morgan fingerprint density at radius 2 is 1.82 bits per heavy atom. The normalized spacial score (nSPS) is 19.1. The number of nitrogens with one attached hydrogen (secondary N) is 1. The third-order valence-corrected chi connectivity index (χ3v) is 6.93. The van der Waals surface area contributed by atoms with Gasteiger partial charge in [-0.2, -0.15) is 0 Å². The van der Waals surface area contributed by atoms with Crippen LogP contribution >= 0.6 is 0 Å². The van der Waals surface area contributed by atoms with Crippen LogP contribution in [-0.4, -0.2) is 27.1 Å². The number of halogens is 1. The minimum atomic E-state index is -0.230. The summed E-state index contributed by atoms with van der Waals surface area (Å²) >= 11 is 0. The van der Waals surface area contributed by atoms with Gasteiger partial charge in [-0.3, -0.25) is 9.78 Å². The van der Waals surface area contributed by atoms with Gasteiger partial charge in [-0.05, 0) is 98.5 Å². The second-order valence-corrected chi connectivity index (χ2v) is 9.14. The van der Waals surface area contributed by atoms with Crippen LogP contribution in [0.2, 0.25) is 0 Å². The minimum Gasteiger partial charge on any atom is -0.421 e. The summed E-state index contributed by atoms with van der Waals surface area (Å²) < 4.78 is 19.3. The Labute approximate surface area is 197 Å². The summed E-state index contributed by atoms with van der Waals surface area (Å²) in [6, 6.07) is 14.1. The van der Waals surface area contributed by atoms with Gasteiger partial charge in [0.1, 0.15) is 5.82 Å². The van der Waals surface area contributed by atoms with E-state index in [0.717, 1.165) is 42.1 Å². The van der Waals surface area contributed by atoms with Crippen molar-refractivity contribution < 1.29 is 13.6 Å². The number of carbonyl (C=O) groups is 1.